The zero-order chi connectivity index (χ0) is 40.4. The van der Waals surface area contributed by atoms with E-state index in [0.717, 1.165) is 122 Å². The minimum absolute atomic E-state index is 0.0210. The molecule has 0 saturated heterocycles. The highest BCUT2D eigenvalue weighted by molar-refractivity contribution is 5.73. The fourth-order valence-electron chi connectivity index (χ4n) is 7.50. The fraction of sp³-hybridized carbons (Fsp3) is 0.870. The number of hydrogen-bond donors (Lipinski definition) is 2. The van der Waals surface area contributed by atoms with E-state index in [2.05, 4.69) is 43.2 Å². The highest BCUT2D eigenvalue weighted by atomic mass is 16.5. The summed E-state index contributed by atoms with van der Waals surface area (Å²) >= 11 is 0. The Bertz CT molecular complexity index is 1130. The van der Waals surface area contributed by atoms with Crippen LogP contribution < -0.4 is 21.5 Å². The van der Waals surface area contributed by atoms with E-state index in [-0.39, 0.29) is 18.0 Å². The molecule has 2 N–H and O–H groups in total. The van der Waals surface area contributed by atoms with Crippen molar-refractivity contribution < 1.29 is 19.1 Å². The van der Waals surface area contributed by atoms with Crippen LogP contribution in [0.25, 0.3) is 0 Å². The van der Waals surface area contributed by atoms with Gasteiger partial charge in [0, 0.05) is 26.4 Å². The number of carbonyl (C=O) groups excluding carboxylic acids is 2. The predicted octanol–water partition coefficient (Wildman–Crippen LogP) is 11.1. The molecule has 55 heavy (non-hydrogen) atoms. The second kappa shape index (κ2) is 34.8. The Morgan fingerprint density at radius 1 is 0.545 bits per heavy atom. The molecule has 1 aromatic carbocycles. The van der Waals surface area contributed by atoms with Crippen LogP contribution in [0.15, 0.2) is 9.59 Å². The van der Waals surface area contributed by atoms with Crippen molar-refractivity contribution in [2.24, 2.45) is 5.92 Å². The lowest BCUT2D eigenvalue weighted by atomic mass is 9.93. The summed E-state index contributed by atoms with van der Waals surface area (Å²) in [5, 5.41) is 6.00. The highest BCUT2D eigenvalue weighted by Crippen LogP contribution is 2.21. The monoisotopic (exact) mass is 776 g/mol. The molecular weight excluding hydrogens is 691 g/mol. The van der Waals surface area contributed by atoms with Crippen LogP contribution >= 0.6 is 0 Å². The average Bonchev–Trinajstić information content (AvgIpc) is 3.18. The molecule has 0 bridgehead atoms. The molecule has 0 atom stereocenters. The molecule has 9 nitrogen and oxygen atoms in total. The van der Waals surface area contributed by atoms with Gasteiger partial charge in [-0.25, -0.2) is 0 Å². The normalized spacial score (nSPS) is 11.6. The van der Waals surface area contributed by atoms with Gasteiger partial charge in [0.1, 0.15) is 17.5 Å². The Balaban J connectivity index is 2.37. The maximum atomic E-state index is 12.6. The third-order valence-electron chi connectivity index (χ3n) is 11.1. The molecule has 0 fully saturated rings. The topological polar surface area (TPSA) is 114 Å². The Morgan fingerprint density at radius 2 is 1.04 bits per heavy atom. The van der Waals surface area contributed by atoms with Crippen LogP contribution in [0.2, 0.25) is 0 Å². The van der Waals surface area contributed by atoms with Crippen LogP contribution in [0.5, 0.6) is 0 Å². The Kier molecular flexibility index (Phi) is 32.0. The minimum Gasteiger partial charge on any atom is -0.466 e. The lowest BCUT2D eigenvalue weighted by Gasteiger charge is -2.23. The molecule has 0 aliphatic heterocycles. The lowest BCUT2D eigenvalue weighted by Crippen LogP contribution is -2.37. The lowest BCUT2D eigenvalue weighted by molar-refractivity contribution is -0.150. The van der Waals surface area contributed by atoms with E-state index in [9.17, 15) is 19.2 Å². The van der Waals surface area contributed by atoms with E-state index < -0.39 is 10.9 Å². The summed E-state index contributed by atoms with van der Waals surface area (Å²) in [6, 6.07) is 0. The van der Waals surface area contributed by atoms with Crippen LogP contribution in [0.3, 0.4) is 0 Å². The van der Waals surface area contributed by atoms with Crippen molar-refractivity contribution in [3.8, 4) is 0 Å². The number of esters is 2. The summed E-state index contributed by atoms with van der Waals surface area (Å²) < 4.78 is 11.5. The molecule has 1 rings (SSSR count). The van der Waals surface area contributed by atoms with Crippen LogP contribution in [-0.4, -0.2) is 62.8 Å². The molecule has 1 aromatic rings. The van der Waals surface area contributed by atoms with Gasteiger partial charge in [0.05, 0.1) is 6.61 Å². The molecule has 0 aromatic heterocycles. The number of nitrogens with one attached hydrogen (secondary N) is 2. The van der Waals surface area contributed by atoms with E-state index in [1.807, 2.05) is 0 Å². The summed E-state index contributed by atoms with van der Waals surface area (Å²) in [6.45, 7) is 13.1. The van der Waals surface area contributed by atoms with Crippen molar-refractivity contribution in [1.29, 1.82) is 0 Å². The number of carbonyl (C=O) groups is 2. The van der Waals surface area contributed by atoms with Crippen molar-refractivity contribution in [2.45, 2.75) is 214 Å². The first-order valence-electron chi connectivity index (χ1n) is 23.1. The molecule has 0 heterocycles. The molecule has 320 valence electrons. The van der Waals surface area contributed by atoms with Crippen molar-refractivity contribution in [3.63, 3.8) is 0 Å². The van der Waals surface area contributed by atoms with Gasteiger partial charge in [-0.15, -0.1) is 0 Å². The first-order chi connectivity index (χ1) is 26.8. The Labute approximate surface area is 336 Å². The summed E-state index contributed by atoms with van der Waals surface area (Å²) in [5.41, 5.74) is -0.0674. The van der Waals surface area contributed by atoms with E-state index in [0.29, 0.717) is 43.3 Å². The largest absolute Gasteiger partial charge is 0.466 e. The van der Waals surface area contributed by atoms with Crippen LogP contribution in [0.4, 0.5) is 11.4 Å². The second-order valence-corrected chi connectivity index (χ2v) is 16.1. The van der Waals surface area contributed by atoms with Gasteiger partial charge in [0.15, 0.2) is 0 Å². The van der Waals surface area contributed by atoms with Gasteiger partial charge in [-0.3, -0.25) is 19.2 Å². The van der Waals surface area contributed by atoms with E-state index in [1.54, 1.807) is 7.05 Å². The van der Waals surface area contributed by atoms with Crippen LogP contribution in [-0.2, 0) is 19.1 Å². The van der Waals surface area contributed by atoms with Crippen molar-refractivity contribution in [1.82, 2.24) is 4.90 Å². The van der Waals surface area contributed by atoms with Crippen LogP contribution in [0.1, 0.15) is 207 Å². The fourth-order valence-corrected chi connectivity index (χ4v) is 7.50. The summed E-state index contributed by atoms with van der Waals surface area (Å²) in [5.74, 6) is 0.622. The van der Waals surface area contributed by atoms with Gasteiger partial charge >= 0.3 is 11.9 Å². The molecule has 9 heteroatoms. The molecule has 0 spiro atoms. The maximum Gasteiger partial charge on any atom is 0.306 e. The van der Waals surface area contributed by atoms with Crippen LogP contribution in [0, 0.1) is 5.92 Å². The van der Waals surface area contributed by atoms with Gasteiger partial charge in [-0.1, -0.05) is 130 Å². The molecule has 0 radical (unpaired) electrons. The zero-order valence-corrected chi connectivity index (χ0v) is 36.4. The predicted molar refractivity (Wildman–Crippen MR) is 232 cm³/mol. The van der Waals surface area contributed by atoms with E-state index in [4.69, 9.17) is 9.47 Å². The number of anilines is 2. The number of nitrogens with zero attached hydrogens (tertiary/aromatic N) is 1. The van der Waals surface area contributed by atoms with Crippen molar-refractivity contribution >= 4 is 23.3 Å². The minimum atomic E-state index is -0.442. The molecule has 0 unspecified atom stereocenters. The summed E-state index contributed by atoms with van der Waals surface area (Å²) in [7, 11) is 1.67. The Hall–Kier alpha value is -2.42. The number of hydrogen-bond acceptors (Lipinski definition) is 9. The summed E-state index contributed by atoms with van der Waals surface area (Å²) in [6.07, 6.45) is 30.2. The van der Waals surface area contributed by atoms with Crippen molar-refractivity contribution in [3.05, 3.63) is 20.4 Å². The third kappa shape index (κ3) is 25.5. The average molecular weight is 776 g/mol. The molecular formula is C46H85N3O6. The second-order valence-electron chi connectivity index (χ2n) is 16.1. The number of unbranched alkanes of at least 4 members (excludes halogenated alkanes) is 14. The van der Waals surface area contributed by atoms with E-state index in [1.165, 1.54) is 64.2 Å². The first kappa shape index (κ1) is 50.6. The van der Waals surface area contributed by atoms with E-state index >= 15 is 0 Å². The maximum absolute atomic E-state index is 12.6. The molecule has 0 amide bonds. The first-order valence-corrected chi connectivity index (χ1v) is 23.1. The number of rotatable bonds is 40. The highest BCUT2D eigenvalue weighted by Gasteiger charge is 2.19. The van der Waals surface area contributed by atoms with Gasteiger partial charge in [-0.2, -0.15) is 0 Å². The van der Waals surface area contributed by atoms with Gasteiger partial charge in [0.2, 0.25) is 0 Å². The number of ether oxygens (including phenoxy) is 2. The molecule has 0 aliphatic rings. The standard InChI is InChI=1S/C46H85N3O6/c1-6-10-20-29-40(30-21-11-7-2)55-42(51)32-23-17-15-19-25-36-49(37-26-34-48-44-43(47-5)45(52)46(44)53)35-24-18-14-16-22-31-41(50)54-38-33-39(27-12-8-3)28-13-9-4/h39-40,47-48H,6-38H2,1-5H3. The summed E-state index contributed by atoms with van der Waals surface area (Å²) in [4.78, 5) is 51.1. The van der Waals surface area contributed by atoms with Gasteiger partial charge in [0.25, 0.3) is 10.9 Å². The van der Waals surface area contributed by atoms with Gasteiger partial charge in [-0.05, 0) is 89.8 Å². The quantitative estimate of drug-likeness (QED) is 0.0382. The third-order valence-corrected chi connectivity index (χ3v) is 11.1. The van der Waals surface area contributed by atoms with Crippen molar-refractivity contribution in [2.75, 3.05) is 50.5 Å². The molecule has 0 aliphatic carbocycles. The molecule has 0 saturated carbocycles. The smallest absolute Gasteiger partial charge is 0.306 e. The zero-order valence-electron chi connectivity index (χ0n) is 36.4. The van der Waals surface area contributed by atoms with Gasteiger partial charge < -0.3 is 25.0 Å². The SMILES string of the molecule is CCCCCC(CCCCC)OC(=O)CCCCCCCN(CCCCCCCC(=O)OCCC(CCCC)CCCC)CCCNc1c(NC)c(=O)c1=O. The Morgan fingerprint density at radius 3 is 1.58 bits per heavy atom.